The minimum atomic E-state index is -0.215. The summed E-state index contributed by atoms with van der Waals surface area (Å²) in [6.07, 6.45) is 7.75. The molecule has 0 saturated heterocycles. The second kappa shape index (κ2) is 6.11. The summed E-state index contributed by atoms with van der Waals surface area (Å²) >= 11 is 0. The molecular formula is C11H15NO3. The number of unbranched alkanes of at least 4 members (excludes halogenated alkanes) is 4. The zero-order valence-electron chi connectivity index (χ0n) is 8.65. The molecule has 0 aromatic rings. The summed E-state index contributed by atoms with van der Waals surface area (Å²) in [6, 6.07) is 0. The first-order valence-electron chi connectivity index (χ1n) is 5.23. The van der Waals surface area contributed by atoms with Crippen molar-refractivity contribution in [2.75, 3.05) is 6.54 Å². The average molecular weight is 209 g/mol. The molecule has 2 amide bonds. The fraction of sp³-hybridized carbons (Fsp3) is 0.545. The van der Waals surface area contributed by atoms with Crippen molar-refractivity contribution in [1.29, 1.82) is 0 Å². The number of hydrogen-bond acceptors (Lipinski definition) is 3. The molecule has 1 rings (SSSR count). The summed E-state index contributed by atoms with van der Waals surface area (Å²) in [4.78, 5) is 33.5. The Balaban J connectivity index is 2.08. The van der Waals surface area contributed by atoms with Gasteiger partial charge in [-0.1, -0.05) is 12.8 Å². The van der Waals surface area contributed by atoms with Crippen LogP contribution in [0.25, 0.3) is 0 Å². The molecule has 0 bridgehead atoms. The van der Waals surface area contributed by atoms with Crippen molar-refractivity contribution in [1.82, 2.24) is 4.90 Å². The van der Waals surface area contributed by atoms with Gasteiger partial charge in [-0.05, 0) is 12.8 Å². The minimum absolute atomic E-state index is 0.215. The summed E-state index contributed by atoms with van der Waals surface area (Å²) in [7, 11) is 0. The molecule has 0 spiro atoms. The maximum Gasteiger partial charge on any atom is 0.253 e. The van der Waals surface area contributed by atoms with Crippen LogP contribution in [0.4, 0.5) is 0 Å². The van der Waals surface area contributed by atoms with Gasteiger partial charge in [0.05, 0.1) is 0 Å². The van der Waals surface area contributed by atoms with Gasteiger partial charge in [0.25, 0.3) is 11.8 Å². The lowest BCUT2D eigenvalue weighted by Gasteiger charge is -2.12. The zero-order valence-corrected chi connectivity index (χ0v) is 8.65. The van der Waals surface area contributed by atoms with E-state index in [2.05, 4.69) is 0 Å². The van der Waals surface area contributed by atoms with E-state index >= 15 is 0 Å². The van der Waals surface area contributed by atoms with E-state index < -0.39 is 0 Å². The van der Waals surface area contributed by atoms with Crippen molar-refractivity contribution in [3.63, 3.8) is 0 Å². The number of carbonyl (C=O) groups is 3. The molecular weight excluding hydrogens is 194 g/mol. The number of amides is 2. The van der Waals surface area contributed by atoms with Crippen LogP contribution < -0.4 is 0 Å². The molecule has 15 heavy (non-hydrogen) atoms. The fourth-order valence-electron chi connectivity index (χ4n) is 1.50. The lowest BCUT2D eigenvalue weighted by Crippen LogP contribution is -2.30. The number of imide groups is 1. The van der Waals surface area contributed by atoms with Gasteiger partial charge in [0.2, 0.25) is 0 Å². The van der Waals surface area contributed by atoms with E-state index in [1.165, 1.54) is 17.1 Å². The van der Waals surface area contributed by atoms with Crippen LogP contribution in [0.2, 0.25) is 0 Å². The lowest BCUT2D eigenvalue weighted by molar-refractivity contribution is -0.136. The molecule has 0 unspecified atom stereocenters. The number of hydrogen-bond donors (Lipinski definition) is 0. The maximum atomic E-state index is 11.1. The van der Waals surface area contributed by atoms with Crippen molar-refractivity contribution in [3.8, 4) is 0 Å². The molecule has 0 fully saturated rings. The van der Waals surface area contributed by atoms with Gasteiger partial charge in [-0.3, -0.25) is 14.5 Å². The average Bonchev–Trinajstić information content (AvgIpc) is 2.54. The van der Waals surface area contributed by atoms with Crippen molar-refractivity contribution < 1.29 is 14.4 Å². The van der Waals surface area contributed by atoms with Crippen LogP contribution in [0.5, 0.6) is 0 Å². The highest BCUT2D eigenvalue weighted by atomic mass is 16.2. The van der Waals surface area contributed by atoms with Gasteiger partial charge in [0.1, 0.15) is 6.29 Å². The van der Waals surface area contributed by atoms with Crippen molar-refractivity contribution in [3.05, 3.63) is 12.2 Å². The third-order valence-electron chi connectivity index (χ3n) is 2.35. The third kappa shape index (κ3) is 3.65. The molecule has 0 aromatic carbocycles. The van der Waals surface area contributed by atoms with Crippen LogP contribution in [0, 0.1) is 0 Å². The topological polar surface area (TPSA) is 54.5 Å². The van der Waals surface area contributed by atoms with E-state index in [0.717, 1.165) is 32.0 Å². The first-order valence-corrected chi connectivity index (χ1v) is 5.23. The zero-order chi connectivity index (χ0) is 11.1. The number of nitrogens with zero attached hydrogens (tertiary/aromatic N) is 1. The van der Waals surface area contributed by atoms with Gasteiger partial charge >= 0.3 is 0 Å². The Morgan fingerprint density at radius 3 is 2.20 bits per heavy atom. The van der Waals surface area contributed by atoms with E-state index in [4.69, 9.17) is 0 Å². The lowest BCUT2D eigenvalue weighted by atomic mass is 10.1. The maximum absolute atomic E-state index is 11.1. The molecule has 4 heteroatoms. The van der Waals surface area contributed by atoms with Gasteiger partial charge in [0, 0.05) is 25.1 Å². The largest absolute Gasteiger partial charge is 0.303 e. The molecule has 1 aliphatic heterocycles. The van der Waals surface area contributed by atoms with Crippen LogP contribution in [-0.4, -0.2) is 29.5 Å². The highest BCUT2D eigenvalue weighted by Gasteiger charge is 2.21. The first-order chi connectivity index (χ1) is 7.25. The molecule has 1 aliphatic rings. The van der Waals surface area contributed by atoms with Gasteiger partial charge in [-0.25, -0.2) is 0 Å². The highest BCUT2D eigenvalue weighted by molar-refractivity contribution is 6.12. The molecule has 0 N–H and O–H groups in total. The molecule has 0 atom stereocenters. The summed E-state index contributed by atoms with van der Waals surface area (Å²) in [5.74, 6) is -0.430. The van der Waals surface area contributed by atoms with Crippen LogP contribution in [0.3, 0.4) is 0 Å². The SMILES string of the molecule is O=CCCCCCCN1C(=O)C=CC1=O. The second-order valence-corrected chi connectivity index (χ2v) is 3.53. The quantitative estimate of drug-likeness (QED) is 0.358. The number of rotatable bonds is 7. The third-order valence-corrected chi connectivity index (χ3v) is 2.35. The predicted molar refractivity (Wildman–Crippen MR) is 55.0 cm³/mol. The molecule has 1 heterocycles. The fourth-order valence-corrected chi connectivity index (χ4v) is 1.50. The number of aldehydes is 1. The predicted octanol–water partition coefficient (Wildman–Crippen LogP) is 1.06. The van der Waals surface area contributed by atoms with Crippen LogP contribution >= 0.6 is 0 Å². The molecule has 82 valence electrons. The van der Waals surface area contributed by atoms with Crippen molar-refractivity contribution in [2.24, 2.45) is 0 Å². The van der Waals surface area contributed by atoms with Crippen LogP contribution in [0.15, 0.2) is 12.2 Å². The normalized spacial score (nSPS) is 15.1. The Bertz CT molecular complexity index is 266. The summed E-state index contributed by atoms with van der Waals surface area (Å²) in [6.45, 7) is 0.492. The van der Waals surface area contributed by atoms with Crippen LogP contribution in [-0.2, 0) is 14.4 Å². The molecule has 0 aliphatic carbocycles. The summed E-state index contributed by atoms with van der Waals surface area (Å²) in [5, 5.41) is 0. The number of carbonyl (C=O) groups excluding carboxylic acids is 3. The Kier molecular flexibility index (Phi) is 4.74. The van der Waals surface area contributed by atoms with Gasteiger partial charge in [-0.2, -0.15) is 0 Å². The van der Waals surface area contributed by atoms with E-state index in [1.54, 1.807) is 0 Å². The highest BCUT2D eigenvalue weighted by Crippen LogP contribution is 2.07. The second-order valence-electron chi connectivity index (χ2n) is 3.53. The first kappa shape index (κ1) is 11.6. The standard InChI is InChI=1S/C11H15NO3/c13-9-5-3-1-2-4-8-12-10(14)6-7-11(12)15/h6-7,9H,1-5,8H2. The molecule has 4 nitrogen and oxygen atoms in total. The van der Waals surface area contributed by atoms with E-state index in [0.29, 0.717) is 13.0 Å². The van der Waals surface area contributed by atoms with Gasteiger partial charge in [0.15, 0.2) is 0 Å². The molecule has 0 saturated carbocycles. The van der Waals surface area contributed by atoms with E-state index in [-0.39, 0.29) is 11.8 Å². The minimum Gasteiger partial charge on any atom is -0.303 e. The summed E-state index contributed by atoms with van der Waals surface area (Å²) in [5.41, 5.74) is 0. The van der Waals surface area contributed by atoms with E-state index in [9.17, 15) is 14.4 Å². The Hall–Kier alpha value is -1.45. The molecule has 0 radical (unpaired) electrons. The van der Waals surface area contributed by atoms with Crippen LogP contribution in [0.1, 0.15) is 32.1 Å². The monoisotopic (exact) mass is 209 g/mol. The van der Waals surface area contributed by atoms with Crippen molar-refractivity contribution in [2.45, 2.75) is 32.1 Å². The van der Waals surface area contributed by atoms with E-state index in [1.807, 2.05) is 0 Å². The van der Waals surface area contributed by atoms with Crippen molar-refractivity contribution >= 4 is 18.1 Å². The Morgan fingerprint density at radius 2 is 1.60 bits per heavy atom. The Morgan fingerprint density at radius 1 is 1.00 bits per heavy atom. The van der Waals surface area contributed by atoms with Gasteiger partial charge in [-0.15, -0.1) is 0 Å². The molecule has 0 aromatic heterocycles. The summed E-state index contributed by atoms with van der Waals surface area (Å²) < 4.78 is 0. The van der Waals surface area contributed by atoms with Gasteiger partial charge < -0.3 is 4.79 Å². The Labute approximate surface area is 88.9 Å². The smallest absolute Gasteiger partial charge is 0.253 e.